The molecule has 2 unspecified atom stereocenters. The van der Waals surface area contributed by atoms with Crippen molar-refractivity contribution in [2.75, 3.05) is 0 Å². The summed E-state index contributed by atoms with van der Waals surface area (Å²) in [6.07, 6.45) is 2.21. The van der Waals surface area contributed by atoms with Crippen molar-refractivity contribution in [1.29, 1.82) is 0 Å². The summed E-state index contributed by atoms with van der Waals surface area (Å²) in [5.74, 6) is -4.93. The third kappa shape index (κ3) is 2.05. The molecule has 1 N–H and O–H groups in total. The lowest BCUT2D eigenvalue weighted by Gasteiger charge is -2.36. The number of esters is 3. The third-order valence-electron chi connectivity index (χ3n) is 3.98. The smallest absolute Gasteiger partial charge is 0.346 e. The molecule has 116 valence electrons. The minimum atomic E-state index is -1.67. The maximum absolute atomic E-state index is 11.8. The molecule has 0 aromatic rings. The van der Waals surface area contributed by atoms with Crippen LogP contribution in [0.25, 0.3) is 0 Å². The standard InChI is InChI=1S/C15H14O7/c1-4-8-11-7(12(17)22-13(11)18)6-9(21-10(16)5-2)15(8,3)14(19)20/h5-6,8H,2,4H2,1,3H3,(H,19,20). The van der Waals surface area contributed by atoms with Crippen molar-refractivity contribution in [3.05, 3.63) is 35.6 Å². The fraction of sp³-hybridized carbons (Fsp3) is 0.333. The van der Waals surface area contributed by atoms with E-state index in [1.165, 1.54) is 6.92 Å². The Kier molecular flexibility index (Phi) is 3.74. The van der Waals surface area contributed by atoms with E-state index < -0.39 is 35.2 Å². The molecule has 1 heterocycles. The Morgan fingerprint density at radius 1 is 1.45 bits per heavy atom. The predicted molar refractivity (Wildman–Crippen MR) is 72.0 cm³/mol. The van der Waals surface area contributed by atoms with Gasteiger partial charge >= 0.3 is 23.9 Å². The molecular weight excluding hydrogens is 292 g/mol. The molecule has 7 nitrogen and oxygen atoms in total. The molecule has 0 saturated carbocycles. The van der Waals surface area contributed by atoms with Crippen LogP contribution in [0.2, 0.25) is 0 Å². The van der Waals surface area contributed by atoms with Gasteiger partial charge in [-0.1, -0.05) is 13.5 Å². The van der Waals surface area contributed by atoms with Crippen LogP contribution in [0.1, 0.15) is 20.3 Å². The van der Waals surface area contributed by atoms with Crippen LogP contribution in [-0.2, 0) is 28.7 Å². The molecule has 0 fully saturated rings. The SMILES string of the molecule is C=CC(=O)OC1=CC2=C(C(=O)OC2=O)C(CC)C1(C)C(=O)O. The number of carbonyl (C=O) groups is 4. The van der Waals surface area contributed by atoms with Gasteiger partial charge in [-0.2, -0.15) is 0 Å². The molecule has 2 rings (SSSR count). The van der Waals surface area contributed by atoms with Crippen LogP contribution in [0.5, 0.6) is 0 Å². The van der Waals surface area contributed by atoms with E-state index in [0.717, 1.165) is 12.2 Å². The molecule has 0 aromatic carbocycles. The number of rotatable bonds is 4. The average Bonchev–Trinajstić information content (AvgIpc) is 2.74. The number of hydrogen-bond donors (Lipinski definition) is 1. The Morgan fingerprint density at radius 2 is 2.09 bits per heavy atom. The second-order valence-electron chi connectivity index (χ2n) is 5.11. The molecule has 0 radical (unpaired) electrons. The lowest BCUT2D eigenvalue weighted by Crippen LogP contribution is -2.42. The minimum absolute atomic E-state index is 0.0100. The zero-order valence-corrected chi connectivity index (χ0v) is 12.0. The molecule has 0 bridgehead atoms. The first kappa shape index (κ1) is 15.7. The van der Waals surface area contributed by atoms with Crippen molar-refractivity contribution >= 4 is 23.9 Å². The third-order valence-corrected chi connectivity index (χ3v) is 3.98. The molecule has 7 heteroatoms. The molecule has 22 heavy (non-hydrogen) atoms. The molecule has 2 atom stereocenters. The Hall–Kier alpha value is -2.70. The van der Waals surface area contributed by atoms with Crippen molar-refractivity contribution in [2.24, 2.45) is 11.3 Å². The minimum Gasteiger partial charge on any atom is -0.480 e. The van der Waals surface area contributed by atoms with Gasteiger partial charge < -0.3 is 14.6 Å². The van der Waals surface area contributed by atoms with E-state index in [0.29, 0.717) is 0 Å². The molecule has 0 amide bonds. The number of carboxylic acids is 1. The summed E-state index contributed by atoms with van der Waals surface area (Å²) in [5.41, 5.74) is -1.73. The lowest BCUT2D eigenvalue weighted by atomic mass is 9.66. The Morgan fingerprint density at radius 3 is 2.59 bits per heavy atom. The van der Waals surface area contributed by atoms with Crippen molar-refractivity contribution in [1.82, 2.24) is 0 Å². The van der Waals surface area contributed by atoms with Gasteiger partial charge in [0.1, 0.15) is 11.2 Å². The molecule has 0 spiro atoms. The normalized spacial score (nSPS) is 27.0. The van der Waals surface area contributed by atoms with E-state index in [1.54, 1.807) is 6.92 Å². The fourth-order valence-corrected chi connectivity index (χ4v) is 2.77. The van der Waals surface area contributed by atoms with Crippen LogP contribution in [0, 0.1) is 11.3 Å². The van der Waals surface area contributed by atoms with Gasteiger partial charge in [0, 0.05) is 12.0 Å². The first-order valence-electron chi connectivity index (χ1n) is 6.57. The molecule has 0 saturated heterocycles. The Balaban J connectivity index is 2.66. The summed E-state index contributed by atoms with van der Waals surface area (Å²) in [4.78, 5) is 46.8. The largest absolute Gasteiger partial charge is 0.480 e. The zero-order valence-electron chi connectivity index (χ0n) is 12.0. The first-order valence-corrected chi connectivity index (χ1v) is 6.57. The second-order valence-corrected chi connectivity index (χ2v) is 5.11. The molecule has 1 aliphatic heterocycles. The highest BCUT2D eigenvalue weighted by Gasteiger charge is 2.55. The van der Waals surface area contributed by atoms with Gasteiger partial charge in [0.15, 0.2) is 0 Å². The molecular formula is C15H14O7. The van der Waals surface area contributed by atoms with Gasteiger partial charge in [-0.05, 0) is 19.4 Å². The Labute approximate surface area is 125 Å². The number of ether oxygens (including phenoxy) is 2. The van der Waals surface area contributed by atoms with E-state index in [1.807, 2.05) is 0 Å². The van der Waals surface area contributed by atoms with Crippen LogP contribution in [0.4, 0.5) is 0 Å². The van der Waals surface area contributed by atoms with Gasteiger partial charge in [0.25, 0.3) is 0 Å². The van der Waals surface area contributed by atoms with Gasteiger partial charge in [-0.15, -0.1) is 0 Å². The zero-order chi connectivity index (χ0) is 16.7. The van der Waals surface area contributed by atoms with Crippen molar-refractivity contribution in [2.45, 2.75) is 20.3 Å². The van der Waals surface area contributed by atoms with Crippen molar-refractivity contribution in [3.8, 4) is 0 Å². The number of hydrogen-bond acceptors (Lipinski definition) is 6. The van der Waals surface area contributed by atoms with Crippen LogP contribution in [0.3, 0.4) is 0 Å². The van der Waals surface area contributed by atoms with E-state index in [2.05, 4.69) is 11.3 Å². The molecule has 2 aliphatic rings. The topological polar surface area (TPSA) is 107 Å². The van der Waals surface area contributed by atoms with E-state index >= 15 is 0 Å². The predicted octanol–water partition coefficient (Wildman–Crippen LogP) is 1.11. The van der Waals surface area contributed by atoms with E-state index in [4.69, 9.17) is 4.74 Å². The molecule has 0 aromatic heterocycles. The Bertz CT molecular complexity index is 667. The maximum atomic E-state index is 11.8. The van der Waals surface area contributed by atoms with Crippen molar-refractivity contribution < 1.29 is 33.8 Å². The summed E-state index contributed by atoms with van der Waals surface area (Å²) in [6.45, 7) is 6.25. The maximum Gasteiger partial charge on any atom is 0.346 e. The highest BCUT2D eigenvalue weighted by molar-refractivity contribution is 6.15. The van der Waals surface area contributed by atoms with Gasteiger partial charge in [0.05, 0.1) is 11.1 Å². The van der Waals surface area contributed by atoms with Crippen LogP contribution < -0.4 is 0 Å². The number of cyclic esters (lactones) is 2. The molecule has 1 aliphatic carbocycles. The van der Waals surface area contributed by atoms with Gasteiger partial charge in [-0.25, -0.2) is 14.4 Å². The summed E-state index contributed by atoms with van der Waals surface area (Å²) in [6, 6.07) is 0. The van der Waals surface area contributed by atoms with Gasteiger partial charge in [0.2, 0.25) is 0 Å². The summed E-state index contributed by atoms with van der Waals surface area (Å²) < 4.78 is 9.55. The highest BCUT2D eigenvalue weighted by atomic mass is 16.6. The van der Waals surface area contributed by atoms with Crippen molar-refractivity contribution in [3.63, 3.8) is 0 Å². The van der Waals surface area contributed by atoms with E-state index in [9.17, 15) is 24.3 Å². The number of carbonyl (C=O) groups excluding carboxylic acids is 3. The fourth-order valence-electron chi connectivity index (χ4n) is 2.77. The monoisotopic (exact) mass is 306 g/mol. The lowest BCUT2D eigenvalue weighted by molar-refractivity contribution is -0.153. The van der Waals surface area contributed by atoms with Crippen LogP contribution in [-0.4, -0.2) is 29.0 Å². The van der Waals surface area contributed by atoms with Gasteiger partial charge in [-0.3, -0.25) is 4.79 Å². The number of carboxylic acid groups (broad SMARTS) is 1. The average molecular weight is 306 g/mol. The summed E-state index contributed by atoms with van der Waals surface area (Å²) >= 11 is 0. The summed E-state index contributed by atoms with van der Waals surface area (Å²) in [7, 11) is 0. The second kappa shape index (κ2) is 5.25. The first-order chi connectivity index (χ1) is 10.3. The summed E-state index contributed by atoms with van der Waals surface area (Å²) in [5, 5.41) is 9.61. The number of aliphatic carboxylic acids is 1. The van der Waals surface area contributed by atoms with Crippen LogP contribution >= 0.6 is 0 Å². The highest BCUT2D eigenvalue weighted by Crippen LogP contribution is 2.49. The van der Waals surface area contributed by atoms with Crippen LogP contribution in [0.15, 0.2) is 35.6 Å². The van der Waals surface area contributed by atoms with E-state index in [-0.39, 0.29) is 23.3 Å². The quantitative estimate of drug-likeness (QED) is 0.471.